The Bertz CT molecular complexity index is 1070. The summed E-state index contributed by atoms with van der Waals surface area (Å²) in [5, 5.41) is 5.91. The van der Waals surface area contributed by atoms with E-state index in [0.29, 0.717) is 35.8 Å². The lowest BCUT2D eigenvalue weighted by atomic mass is 10.1. The number of likely N-dealkylation sites (tertiary alicyclic amines) is 1. The van der Waals surface area contributed by atoms with Gasteiger partial charge in [-0.2, -0.15) is 0 Å². The van der Waals surface area contributed by atoms with Gasteiger partial charge < -0.3 is 20.5 Å². The minimum absolute atomic E-state index is 0.139. The predicted molar refractivity (Wildman–Crippen MR) is 145 cm³/mol. The summed E-state index contributed by atoms with van der Waals surface area (Å²) in [5.74, 6) is 0.153. The van der Waals surface area contributed by atoms with Gasteiger partial charge in [0.15, 0.2) is 0 Å². The number of aryl methyl sites for hydroxylation is 1. The Morgan fingerprint density at radius 3 is 2.49 bits per heavy atom. The number of nitrogens with zero attached hydrogens (tertiary/aromatic N) is 2. The number of carbonyl (C=O) groups is 2. The third kappa shape index (κ3) is 8.44. The summed E-state index contributed by atoms with van der Waals surface area (Å²) in [5.41, 5.74) is 2.67. The average Bonchev–Trinajstić information content (AvgIpc) is 3.16. The maximum Gasteiger partial charge on any atom is 0.243 e. The number of aromatic amines is 1. The van der Waals surface area contributed by atoms with Crippen LogP contribution in [0, 0.1) is 18.7 Å². The number of halogens is 1. The van der Waals surface area contributed by atoms with Crippen LogP contribution in [0.2, 0.25) is 0 Å². The van der Waals surface area contributed by atoms with Gasteiger partial charge in [-0.3, -0.25) is 9.59 Å². The molecule has 1 aromatic carbocycles. The van der Waals surface area contributed by atoms with Gasteiger partial charge in [-0.25, -0.2) is 9.37 Å². The maximum absolute atomic E-state index is 14.4. The Kier molecular flexibility index (Phi) is 10.3. The number of benzene rings is 1. The van der Waals surface area contributed by atoms with Crippen molar-refractivity contribution >= 4 is 11.8 Å². The number of hydrogen-bond acceptors (Lipinski definition) is 4. The van der Waals surface area contributed by atoms with Crippen LogP contribution in [0.3, 0.4) is 0 Å². The molecule has 8 heteroatoms. The first-order valence-corrected chi connectivity index (χ1v) is 13.5. The van der Waals surface area contributed by atoms with Crippen LogP contribution in [0.1, 0.15) is 83.1 Å². The van der Waals surface area contributed by atoms with Crippen molar-refractivity contribution in [3.8, 4) is 11.3 Å². The minimum atomic E-state index is -0.734. The molecule has 2 aromatic rings. The molecule has 7 nitrogen and oxygen atoms in total. The Labute approximate surface area is 220 Å². The number of nitrogens with one attached hydrogen (secondary N) is 3. The zero-order valence-corrected chi connectivity index (χ0v) is 22.7. The van der Waals surface area contributed by atoms with Crippen molar-refractivity contribution in [1.82, 2.24) is 25.5 Å². The average molecular weight is 512 g/mol. The molecular formula is C29H42FN5O2. The fraction of sp³-hybridized carbons (Fsp3) is 0.552. The summed E-state index contributed by atoms with van der Waals surface area (Å²) in [6.07, 6.45) is 7.67. The molecule has 2 atom stereocenters. The minimum Gasteiger partial charge on any atom is -0.375 e. The molecule has 0 spiro atoms. The van der Waals surface area contributed by atoms with E-state index in [0.717, 1.165) is 43.6 Å². The molecule has 2 amide bonds. The Balaban J connectivity index is 1.69. The second-order valence-electron chi connectivity index (χ2n) is 10.6. The highest BCUT2D eigenvalue weighted by atomic mass is 19.1. The first kappa shape index (κ1) is 28.4. The zero-order chi connectivity index (χ0) is 26.9. The highest BCUT2D eigenvalue weighted by Gasteiger charge is 2.26. The third-order valence-corrected chi connectivity index (χ3v) is 6.87. The van der Waals surface area contributed by atoms with E-state index in [1.165, 1.54) is 18.9 Å². The fourth-order valence-corrected chi connectivity index (χ4v) is 4.56. The SMILES string of the molecule is C=C(C[C@H](NC(=O)CCC(C)C)C(=O)N[C@@H](C)c1ncc(-c2ccc(C)cc2F)[nH]1)N1CCCCCC1. The monoisotopic (exact) mass is 511 g/mol. The highest BCUT2D eigenvalue weighted by Crippen LogP contribution is 2.24. The molecule has 1 saturated heterocycles. The third-order valence-electron chi connectivity index (χ3n) is 6.87. The molecule has 202 valence electrons. The molecule has 1 aromatic heterocycles. The highest BCUT2D eigenvalue weighted by molar-refractivity contribution is 5.88. The van der Waals surface area contributed by atoms with Crippen molar-refractivity contribution < 1.29 is 14.0 Å². The lowest BCUT2D eigenvalue weighted by molar-refractivity contribution is -0.129. The van der Waals surface area contributed by atoms with Crippen molar-refractivity contribution in [3.05, 3.63) is 53.9 Å². The molecule has 1 fully saturated rings. The summed E-state index contributed by atoms with van der Waals surface area (Å²) in [6.45, 7) is 13.9. The van der Waals surface area contributed by atoms with Gasteiger partial charge in [0.05, 0.1) is 17.9 Å². The lowest BCUT2D eigenvalue weighted by Gasteiger charge is -2.28. The Morgan fingerprint density at radius 2 is 1.84 bits per heavy atom. The Morgan fingerprint density at radius 1 is 1.14 bits per heavy atom. The number of amides is 2. The summed E-state index contributed by atoms with van der Waals surface area (Å²) in [7, 11) is 0. The van der Waals surface area contributed by atoms with Crippen LogP contribution >= 0.6 is 0 Å². The summed E-state index contributed by atoms with van der Waals surface area (Å²) in [6, 6.07) is 3.83. The normalized spacial score (nSPS) is 15.7. The fourth-order valence-electron chi connectivity index (χ4n) is 4.56. The van der Waals surface area contributed by atoms with E-state index in [-0.39, 0.29) is 17.6 Å². The van der Waals surface area contributed by atoms with Crippen molar-refractivity contribution in [1.29, 1.82) is 0 Å². The van der Waals surface area contributed by atoms with Crippen molar-refractivity contribution in [2.45, 2.75) is 84.7 Å². The van der Waals surface area contributed by atoms with E-state index in [2.05, 4.69) is 45.9 Å². The van der Waals surface area contributed by atoms with Crippen molar-refractivity contribution in [3.63, 3.8) is 0 Å². The summed E-state index contributed by atoms with van der Waals surface area (Å²) >= 11 is 0. The number of rotatable bonds is 11. The second-order valence-corrected chi connectivity index (χ2v) is 10.6. The van der Waals surface area contributed by atoms with Gasteiger partial charge in [-0.05, 0) is 56.7 Å². The van der Waals surface area contributed by atoms with Gasteiger partial charge in [0.1, 0.15) is 17.7 Å². The first-order chi connectivity index (χ1) is 17.6. The first-order valence-electron chi connectivity index (χ1n) is 13.5. The number of aromatic nitrogens is 2. The van der Waals surface area contributed by atoms with Gasteiger partial charge in [-0.1, -0.05) is 39.3 Å². The van der Waals surface area contributed by atoms with E-state index in [1.54, 1.807) is 12.3 Å². The van der Waals surface area contributed by atoms with Crippen LogP contribution in [0.25, 0.3) is 11.3 Å². The van der Waals surface area contributed by atoms with Crippen molar-refractivity contribution in [2.75, 3.05) is 13.1 Å². The molecule has 2 heterocycles. The number of carbonyl (C=O) groups excluding carboxylic acids is 2. The quantitative estimate of drug-likeness (QED) is 0.377. The van der Waals surface area contributed by atoms with Crippen molar-refractivity contribution in [2.24, 2.45) is 5.92 Å². The summed E-state index contributed by atoms with van der Waals surface area (Å²) < 4.78 is 14.4. The van der Waals surface area contributed by atoms with Crippen LogP contribution in [-0.2, 0) is 9.59 Å². The van der Waals surface area contributed by atoms with E-state index in [9.17, 15) is 14.0 Å². The molecule has 37 heavy (non-hydrogen) atoms. The molecule has 0 bridgehead atoms. The van der Waals surface area contributed by atoms with Gasteiger partial charge in [-0.15, -0.1) is 0 Å². The number of H-pyrrole nitrogens is 1. The topological polar surface area (TPSA) is 90.1 Å². The van der Waals surface area contributed by atoms with E-state index in [1.807, 2.05) is 19.9 Å². The molecule has 1 aliphatic heterocycles. The molecule has 0 saturated carbocycles. The van der Waals surface area contributed by atoms with Crippen LogP contribution < -0.4 is 10.6 Å². The molecule has 0 radical (unpaired) electrons. The van der Waals surface area contributed by atoms with Crippen LogP contribution in [-0.4, -0.2) is 45.8 Å². The van der Waals surface area contributed by atoms with Crippen LogP contribution in [0.4, 0.5) is 4.39 Å². The smallest absolute Gasteiger partial charge is 0.243 e. The zero-order valence-electron chi connectivity index (χ0n) is 22.7. The maximum atomic E-state index is 14.4. The molecule has 3 rings (SSSR count). The largest absolute Gasteiger partial charge is 0.375 e. The van der Waals surface area contributed by atoms with Gasteiger partial charge in [0, 0.05) is 37.2 Å². The standard InChI is InChI=1S/C29H42FN5O2/c1-19(2)10-13-27(36)33-25(17-21(4)35-14-8-6-7-9-15-35)29(37)32-22(5)28-31-18-26(34-28)23-12-11-20(3)16-24(23)30/h11-12,16,18-19,22,25H,4,6-10,13-15,17H2,1-3,5H3,(H,31,34)(H,32,37)(H,33,36)/t22-,25-/m0/s1. The summed E-state index contributed by atoms with van der Waals surface area (Å²) in [4.78, 5) is 35.8. The van der Waals surface area contributed by atoms with Gasteiger partial charge >= 0.3 is 0 Å². The van der Waals surface area contributed by atoms with E-state index in [4.69, 9.17) is 0 Å². The Hall–Kier alpha value is -3.16. The molecule has 1 aliphatic rings. The molecule has 3 N–H and O–H groups in total. The second kappa shape index (κ2) is 13.4. The number of imidazole rings is 1. The molecular weight excluding hydrogens is 469 g/mol. The molecule has 0 aliphatic carbocycles. The van der Waals surface area contributed by atoms with E-state index < -0.39 is 12.1 Å². The van der Waals surface area contributed by atoms with Crippen LogP contribution in [0.5, 0.6) is 0 Å². The van der Waals surface area contributed by atoms with Gasteiger partial charge in [0.2, 0.25) is 11.8 Å². The van der Waals surface area contributed by atoms with Gasteiger partial charge in [0.25, 0.3) is 0 Å². The molecule has 0 unspecified atom stereocenters. The predicted octanol–water partition coefficient (Wildman–Crippen LogP) is 5.40. The number of hydrogen-bond donors (Lipinski definition) is 3. The lowest BCUT2D eigenvalue weighted by Crippen LogP contribution is -2.48. The van der Waals surface area contributed by atoms with E-state index >= 15 is 0 Å². The van der Waals surface area contributed by atoms with Crippen LogP contribution in [0.15, 0.2) is 36.7 Å².